The summed E-state index contributed by atoms with van der Waals surface area (Å²) in [5, 5.41) is 0. The van der Waals surface area contributed by atoms with Gasteiger partial charge in [-0.25, -0.2) is 0 Å². The molecular weight excluding hydrogens is 194 g/mol. The number of hydrogen-bond acceptors (Lipinski definition) is 4. The number of nitrogens with two attached hydrogens (primary N) is 1. The summed E-state index contributed by atoms with van der Waals surface area (Å²) < 4.78 is 10.2. The molecule has 0 radical (unpaired) electrons. The minimum Gasteiger partial charge on any atom is -0.469 e. The van der Waals surface area contributed by atoms with Crippen LogP contribution >= 0.6 is 0 Å². The third-order valence-corrected chi connectivity index (χ3v) is 3.64. The van der Waals surface area contributed by atoms with Crippen LogP contribution in [0.1, 0.15) is 25.7 Å². The van der Waals surface area contributed by atoms with Crippen LogP contribution in [-0.2, 0) is 14.3 Å². The lowest BCUT2D eigenvalue weighted by atomic mass is 9.72. The molecular formula is C11H19NO3. The number of esters is 1. The fraction of sp³-hybridized carbons (Fsp3) is 0.909. The standard InChI is InChI=1S/C11H19NO3/c1-14-10(13)11(6-8-2-3-8)4-5-15-7-9(11)12/h8-9H,2-7,12H2,1H3. The average molecular weight is 213 g/mol. The summed E-state index contributed by atoms with van der Waals surface area (Å²) >= 11 is 0. The lowest BCUT2D eigenvalue weighted by Gasteiger charge is -2.39. The highest BCUT2D eigenvalue weighted by molar-refractivity contribution is 5.78. The molecule has 2 fully saturated rings. The van der Waals surface area contributed by atoms with Gasteiger partial charge >= 0.3 is 5.97 Å². The second-order valence-corrected chi connectivity index (χ2v) is 4.73. The fourth-order valence-corrected chi connectivity index (χ4v) is 2.44. The van der Waals surface area contributed by atoms with Crippen LogP contribution in [0.2, 0.25) is 0 Å². The van der Waals surface area contributed by atoms with Crippen molar-refractivity contribution in [1.29, 1.82) is 0 Å². The molecule has 0 aromatic carbocycles. The zero-order valence-corrected chi connectivity index (χ0v) is 9.20. The third kappa shape index (κ3) is 2.01. The van der Waals surface area contributed by atoms with Gasteiger partial charge in [-0.15, -0.1) is 0 Å². The fourth-order valence-electron chi connectivity index (χ4n) is 2.44. The Morgan fingerprint density at radius 1 is 1.60 bits per heavy atom. The highest BCUT2D eigenvalue weighted by Crippen LogP contribution is 2.45. The zero-order valence-electron chi connectivity index (χ0n) is 9.20. The molecule has 1 saturated heterocycles. The van der Waals surface area contributed by atoms with Crippen LogP contribution in [-0.4, -0.2) is 32.3 Å². The van der Waals surface area contributed by atoms with Crippen molar-refractivity contribution >= 4 is 5.97 Å². The van der Waals surface area contributed by atoms with Crippen LogP contribution in [0, 0.1) is 11.3 Å². The molecule has 0 aromatic heterocycles. The predicted molar refractivity (Wildman–Crippen MR) is 55.2 cm³/mol. The van der Waals surface area contributed by atoms with E-state index in [-0.39, 0.29) is 12.0 Å². The molecule has 2 atom stereocenters. The Hall–Kier alpha value is -0.610. The first-order valence-corrected chi connectivity index (χ1v) is 5.61. The molecule has 0 spiro atoms. The van der Waals surface area contributed by atoms with E-state index in [1.165, 1.54) is 20.0 Å². The van der Waals surface area contributed by atoms with E-state index in [9.17, 15) is 4.79 Å². The quantitative estimate of drug-likeness (QED) is 0.701. The number of methoxy groups -OCH3 is 1. The molecule has 1 aliphatic carbocycles. The van der Waals surface area contributed by atoms with Gasteiger partial charge in [0, 0.05) is 12.6 Å². The van der Waals surface area contributed by atoms with Gasteiger partial charge in [0.15, 0.2) is 0 Å². The summed E-state index contributed by atoms with van der Waals surface area (Å²) in [6, 6.07) is -0.209. The Morgan fingerprint density at radius 3 is 2.87 bits per heavy atom. The Kier molecular flexibility index (Phi) is 2.98. The molecule has 2 unspecified atom stereocenters. The van der Waals surface area contributed by atoms with Crippen LogP contribution in [0.3, 0.4) is 0 Å². The summed E-state index contributed by atoms with van der Waals surface area (Å²) in [4.78, 5) is 11.9. The molecule has 2 N–H and O–H groups in total. The normalized spacial score (nSPS) is 36.3. The summed E-state index contributed by atoms with van der Waals surface area (Å²) in [6.07, 6.45) is 4.04. The molecule has 0 bridgehead atoms. The van der Waals surface area contributed by atoms with Crippen molar-refractivity contribution in [3.05, 3.63) is 0 Å². The molecule has 0 aromatic rings. The maximum atomic E-state index is 11.9. The molecule has 0 amide bonds. The number of ether oxygens (including phenoxy) is 2. The van der Waals surface area contributed by atoms with Gasteiger partial charge in [0.1, 0.15) is 0 Å². The molecule has 2 aliphatic rings. The average Bonchev–Trinajstić information content (AvgIpc) is 3.04. The van der Waals surface area contributed by atoms with E-state index in [0.29, 0.717) is 25.6 Å². The number of carbonyl (C=O) groups excluding carboxylic acids is 1. The molecule has 1 aliphatic heterocycles. The predicted octanol–water partition coefficient (Wildman–Crippen LogP) is 0.693. The van der Waals surface area contributed by atoms with Gasteiger partial charge in [0.05, 0.1) is 19.1 Å². The minimum absolute atomic E-state index is 0.148. The molecule has 4 nitrogen and oxygen atoms in total. The van der Waals surface area contributed by atoms with Gasteiger partial charge in [-0.1, -0.05) is 12.8 Å². The van der Waals surface area contributed by atoms with E-state index in [1.54, 1.807) is 0 Å². The van der Waals surface area contributed by atoms with E-state index in [4.69, 9.17) is 15.2 Å². The second-order valence-electron chi connectivity index (χ2n) is 4.73. The summed E-state index contributed by atoms with van der Waals surface area (Å²) in [5.41, 5.74) is 5.56. The lowest BCUT2D eigenvalue weighted by molar-refractivity contribution is -0.161. The van der Waals surface area contributed by atoms with Crippen molar-refractivity contribution in [1.82, 2.24) is 0 Å². The second kappa shape index (κ2) is 4.10. The summed E-state index contributed by atoms with van der Waals surface area (Å²) in [5.74, 6) is 0.526. The van der Waals surface area contributed by atoms with Crippen molar-refractivity contribution in [2.75, 3.05) is 20.3 Å². The summed E-state index contributed by atoms with van der Waals surface area (Å²) in [7, 11) is 1.44. The topological polar surface area (TPSA) is 61.5 Å². The van der Waals surface area contributed by atoms with Gasteiger partial charge in [0.25, 0.3) is 0 Å². The van der Waals surface area contributed by atoms with Gasteiger partial charge in [-0.05, 0) is 18.8 Å². The Labute approximate surface area is 90.1 Å². The van der Waals surface area contributed by atoms with Crippen LogP contribution in [0.5, 0.6) is 0 Å². The van der Waals surface area contributed by atoms with Crippen molar-refractivity contribution in [2.45, 2.75) is 31.7 Å². The van der Waals surface area contributed by atoms with E-state index >= 15 is 0 Å². The molecule has 4 heteroatoms. The van der Waals surface area contributed by atoms with Crippen molar-refractivity contribution < 1.29 is 14.3 Å². The number of hydrogen-bond donors (Lipinski definition) is 1. The van der Waals surface area contributed by atoms with E-state index in [1.807, 2.05) is 0 Å². The highest BCUT2D eigenvalue weighted by atomic mass is 16.5. The van der Waals surface area contributed by atoms with Crippen LogP contribution in [0.25, 0.3) is 0 Å². The van der Waals surface area contributed by atoms with Crippen LogP contribution in [0.4, 0.5) is 0 Å². The first kappa shape index (κ1) is 10.9. The van der Waals surface area contributed by atoms with Crippen molar-refractivity contribution in [3.63, 3.8) is 0 Å². The van der Waals surface area contributed by atoms with Gasteiger partial charge in [-0.3, -0.25) is 4.79 Å². The van der Waals surface area contributed by atoms with E-state index < -0.39 is 5.41 Å². The van der Waals surface area contributed by atoms with Gasteiger partial charge < -0.3 is 15.2 Å². The maximum Gasteiger partial charge on any atom is 0.313 e. The first-order chi connectivity index (χ1) is 7.19. The Bertz CT molecular complexity index is 252. The Morgan fingerprint density at radius 2 is 2.33 bits per heavy atom. The zero-order chi connectivity index (χ0) is 10.9. The number of carbonyl (C=O) groups is 1. The molecule has 15 heavy (non-hydrogen) atoms. The SMILES string of the molecule is COC(=O)C1(CC2CC2)CCOCC1N. The van der Waals surface area contributed by atoms with Crippen LogP contribution in [0.15, 0.2) is 0 Å². The lowest BCUT2D eigenvalue weighted by Crippen LogP contribution is -2.54. The van der Waals surface area contributed by atoms with Gasteiger partial charge in [-0.2, -0.15) is 0 Å². The third-order valence-electron chi connectivity index (χ3n) is 3.64. The van der Waals surface area contributed by atoms with E-state index in [0.717, 1.165) is 6.42 Å². The minimum atomic E-state index is -0.478. The molecule has 2 rings (SSSR count). The maximum absolute atomic E-state index is 11.9. The smallest absolute Gasteiger partial charge is 0.313 e. The molecule has 1 saturated carbocycles. The van der Waals surface area contributed by atoms with E-state index in [2.05, 4.69) is 0 Å². The van der Waals surface area contributed by atoms with Crippen molar-refractivity contribution in [3.8, 4) is 0 Å². The number of rotatable bonds is 3. The van der Waals surface area contributed by atoms with Crippen LogP contribution < -0.4 is 5.73 Å². The molecule has 1 heterocycles. The Balaban J connectivity index is 2.14. The largest absolute Gasteiger partial charge is 0.469 e. The molecule has 86 valence electrons. The van der Waals surface area contributed by atoms with Gasteiger partial charge in [0.2, 0.25) is 0 Å². The summed E-state index contributed by atoms with van der Waals surface area (Å²) in [6.45, 7) is 1.09. The first-order valence-electron chi connectivity index (χ1n) is 5.61. The highest BCUT2D eigenvalue weighted by Gasteiger charge is 2.49. The van der Waals surface area contributed by atoms with Crippen molar-refractivity contribution in [2.24, 2.45) is 17.1 Å². The monoisotopic (exact) mass is 213 g/mol.